The van der Waals surface area contributed by atoms with E-state index in [0.717, 1.165) is 29.9 Å². The van der Waals surface area contributed by atoms with Gasteiger partial charge in [-0.05, 0) is 38.3 Å². The largest absolute Gasteiger partial charge is 0.360 e. The van der Waals surface area contributed by atoms with Crippen molar-refractivity contribution in [2.75, 3.05) is 11.4 Å². The molecule has 24 heavy (non-hydrogen) atoms. The Bertz CT molecular complexity index is 777. The van der Waals surface area contributed by atoms with Gasteiger partial charge in [0.15, 0.2) is 5.69 Å². The molecule has 1 aliphatic heterocycles. The van der Waals surface area contributed by atoms with Crippen molar-refractivity contribution in [1.82, 2.24) is 10.5 Å². The van der Waals surface area contributed by atoms with E-state index in [4.69, 9.17) is 4.52 Å². The molecule has 1 N–H and O–H groups in total. The van der Waals surface area contributed by atoms with Crippen LogP contribution in [-0.4, -0.2) is 29.6 Å². The first-order valence-electron chi connectivity index (χ1n) is 8.27. The second-order valence-electron chi connectivity index (χ2n) is 6.53. The number of anilines is 1. The highest BCUT2D eigenvalue weighted by molar-refractivity contribution is 6.03. The number of nitrogens with one attached hydrogen (secondary N) is 1. The predicted octanol–water partition coefficient (Wildman–Crippen LogP) is 2.40. The fraction of sp³-hybridized carbons (Fsp3) is 0.389. The van der Waals surface area contributed by atoms with Gasteiger partial charge in [-0.3, -0.25) is 9.59 Å². The summed E-state index contributed by atoms with van der Waals surface area (Å²) in [6, 6.07) is 8.98. The van der Waals surface area contributed by atoms with Crippen molar-refractivity contribution >= 4 is 17.5 Å². The van der Waals surface area contributed by atoms with Crippen LogP contribution in [0.25, 0.3) is 0 Å². The van der Waals surface area contributed by atoms with Crippen molar-refractivity contribution in [3.63, 3.8) is 0 Å². The number of aromatic nitrogens is 1. The summed E-state index contributed by atoms with van der Waals surface area (Å²) in [5, 5.41) is 6.60. The maximum atomic E-state index is 12.5. The molecular formula is C18H19N3O3. The molecule has 0 spiro atoms. The van der Waals surface area contributed by atoms with Crippen LogP contribution in [-0.2, 0) is 4.79 Å². The van der Waals surface area contributed by atoms with E-state index < -0.39 is 6.04 Å². The first kappa shape index (κ1) is 14.9. The van der Waals surface area contributed by atoms with Gasteiger partial charge in [-0.1, -0.05) is 22.9 Å². The van der Waals surface area contributed by atoms with Gasteiger partial charge < -0.3 is 14.7 Å². The molecule has 2 aromatic rings. The monoisotopic (exact) mass is 325 g/mol. The Morgan fingerprint density at radius 2 is 2.00 bits per heavy atom. The fourth-order valence-electron chi connectivity index (χ4n) is 2.98. The number of hydrogen-bond acceptors (Lipinski definition) is 4. The molecule has 124 valence electrons. The van der Waals surface area contributed by atoms with Gasteiger partial charge in [0.25, 0.3) is 5.91 Å². The Balaban J connectivity index is 1.42. The molecule has 6 nitrogen and oxygen atoms in total. The minimum Gasteiger partial charge on any atom is -0.360 e. The molecule has 1 saturated carbocycles. The Kier molecular flexibility index (Phi) is 3.59. The molecule has 2 aliphatic rings. The number of carbonyl (C=O) groups excluding carboxylic acids is 2. The second kappa shape index (κ2) is 5.78. The van der Waals surface area contributed by atoms with Crippen LogP contribution in [0.3, 0.4) is 0 Å². The van der Waals surface area contributed by atoms with E-state index >= 15 is 0 Å². The highest BCUT2D eigenvalue weighted by atomic mass is 16.5. The standard InChI is InChI=1S/C18H19N3O3/c1-11-2-6-13(7-3-11)21-9-8-14(18(21)23)19-17(22)15-10-16(24-20-15)12-4-5-12/h2-3,6-7,10,12,14H,4-5,8-9H2,1H3,(H,19,22)/t14-/m0/s1. The molecule has 0 radical (unpaired) electrons. The lowest BCUT2D eigenvalue weighted by Gasteiger charge is -2.17. The number of rotatable bonds is 4. The van der Waals surface area contributed by atoms with E-state index in [1.165, 1.54) is 0 Å². The summed E-state index contributed by atoms with van der Waals surface area (Å²) in [4.78, 5) is 26.5. The zero-order chi connectivity index (χ0) is 16.7. The fourth-order valence-corrected chi connectivity index (χ4v) is 2.98. The van der Waals surface area contributed by atoms with Crippen LogP contribution in [0.1, 0.15) is 47.0 Å². The molecule has 1 saturated heterocycles. The normalized spacial score (nSPS) is 20.5. The van der Waals surface area contributed by atoms with Crippen LogP contribution in [0.2, 0.25) is 0 Å². The van der Waals surface area contributed by atoms with E-state index in [1.807, 2.05) is 31.2 Å². The van der Waals surface area contributed by atoms with Gasteiger partial charge in [0.2, 0.25) is 5.91 Å². The average Bonchev–Trinajstić information content (AvgIpc) is 3.20. The van der Waals surface area contributed by atoms with E-state index in [9.17, 15) is 9.59 Å². The van der Waals surface area contributed by atoms with Gasteiger partial charge in [0, 0.05) is 24.2 Å². The van der Waals surface area contributed by atoms with Crippen LogP contribution >= 0.6 is 0 Å². The predicted molar refractivity (Wildman–Crippen MR) is 87.9 cm³/mol. The molecule has 2 fully saturated rings. The van der Waals surface area contributed by atoms with Crippen molar-refractivity contribution in [2.45, 2.75) is 38.1 Å². The van der Waals surface area contributed by atoms with Crippen LogP contribution < -0.4 is 10.2 Å². The highest BCUT2D eigenvalue weighted by Crippen LogP contribution is 2.40. The van der Waals surface area contributed by atoms with Crippen molar-refractivity contribution in [3.05, 3.63) is 47.3 Å². The molecule has 4 rings (SSSR count). The SMILES string of the molecule is Cc1ccc(N2CC[C@H](NC(=O)c3cc(C4CC4)on3)C2=O)cc1. The zero-order valence-corrected chi connectivity index (χ0v) is 13.5. The maximum absolute atomic E-state index is 12.5. The smallest absolute Gasteiger partial charge is 0.274 e. The summed E-state index contributed by atoms with van der Waals surface area (Å²) in [6.07, 6.45) is 2.76. The average molecular weight is 325 g/mol. The molecular weight excluding hydrogens is 306 g/mol. The van der Waals surface area contributed by atoms with E-state index in [-0.39, 0.29) is 17.5 Å². The summed E-state index contributed by atoms with van der Waals surface area (Å²) in [5.41, 5.74) is 2.26. The number of carbonyl (C=O) groups is 2. The lowest BCUT2D eigenvalue weighted by atomic mass is 10.2. The first-order chi connectivity index (χ1) is 11.6. The molecule has 1 aromatic carbocycles. The molecule has 1 aliphatic carbocycles. The Morgan fingerprint density at radius 3 is 2.71 bits per heavy atom. The highest BCUT2D eigenvalue weighted by Gasteiger charge is 2.35. The number of hydrogen-bond donors (Lipinski definition) is 1. The van der Waals surface area contributed by atoms with Crippen molar-refractivity contribution in [2.24, 2.45) is 0 Å². The van der Waals surface area contributed by atoms with Crippen molar-refractivity contribution < 1.29 is 14.1 Å². The van der Waals surface area contributed by atoms with Crippen LogP contribution in [0.4, 0.5) is 5.69 Å². The summed E-state index contributed by atoms with van der Waals surface area (Å²) >= 11 is 0. The van der Waals surface area contributed by atoms with Crippen molar-refractivity contribution in [3.8, 4) is 0 Å². The van der Waals surface area contributed by atoms with E-state index in [2.05, 4.69) is 10.5 Å². The van der Waals surface area contributed by atoms with Gasteiger partial charge >= 0.3 is 0 Å². The molecule has 2 amide bonds. The van der Waals surface area contributed by atoms with Gasteiger partial charge in [0.1, 0.15) is 11.8 Å². The second-order valence-corrected chi connectivity index (χ2v) is 6.53. The Morgan fingerprint density at radius 1 is 1.25 bits per heavy atom. The van der Waals surface area contributed by atoms with Gasteiger partial charge in [0.05, 0.1) is 0 Å². The van der Waals surface area contributed by atoms with Gasteiger partial charge in [-0.15, -0.1) is 0 Å². The lowest BCUT2D eigenvalue weighted by molar-refractivity contribution is -0.118. The van der Waals surface area contributed by atoms with Crippen molar-refractivity contribution in [1.29, 1.82) is 0 Å². The molecule has 0 unspecified atom stereocenters. The quantitative estimate of drug-likeness (QED) is 0.936. The molecule has 6 heteroatoms. The first-order valence-corrected chi connectivity index (χ1v) is 8.27. The Hall–Kier alpha value is -2.63. The molecule has 1 atom stereocenters. The molecule has 2 heterocycles. The van der Waals surface area contributed by atoms with Crippen LogP contribution in [0.5, 0.6) is 0 Å². The third-order valence-electron chi connectivity index (χ3n) is 4.60. The number of benzene rings is 1. The van der Waals surface area contributed by atoms with Crippen LogP contribution in [0.15, 0.2) is 34.9 Å². The number of aryl methyl sites for hydroxylation is 1. The summed E-state index contributed by atoms with van der Waals surface area (Å²) < 4.78 is 5.20. The molecule has 1 aromatic heterocycles. The maximum Gasteiger partial charge on any atom is 0.274 e. The van der Waals surface area contributed by atoms with E-state index in [0.29, 0.717) is 18.9 Å². The van der Waals surface area contributed by atoms with Crippen LogP contribution in [0, 0.1) is 6.92 Å². The topological polar surface area (TPSA) is 75.4 Å². The number of nitrogens with zero attached hydrogens (tertiary/aromatic N) is 2. The van der Waals surface area contributed by atoms with Gasteiger partial charge in [-0.25, -0.2) is 0 Å². The third-order valence-corrected chi connectivity index (χ3v) is 4.60. The van der Waals surface area contributed by atoms with Gasteiger partial charge in [-0.2, -0.15) is 0 Å². The third kappa shape index (κ3) is 2.79. The minimum atomic E-state index is -0.514. The molecule has 0 bridgehead atoms. The summed E-state index contributed by atoms with van der Waals surface area (Å²) in [7, 11) is 0. The number of amides is 2. The zero-order valence-electron chi connectivity index (χ0n) is 13.5. The minimum absolute atomic E-state index is 0.0851. The van der Waals surface area contributed by atoms with E-state index in [1.54, 1.807) is 11.0 Å². The summed E-state index contributed by atoms with van der Waals surface area (Å²) in [5.74, 6) is 0.733. The Labute approximate surface area is 139 Å². The summed E-state index contributed by atoms with van der Waals surface area (Å²) in [6.45, 7) is 2.60. The lowest BCUT2D eigenvalue weighted by Crippen LogP contribution is -2.41.